The summed E-state index contributed by atoms with van der Waals surface area (Å²) < 4.78 is 215. The molecule has 0 N–H and O–H groups in total. The van der Waals surface area contributed by atoms with Crippen molar-refractivity contribution < 1.29 is 70.2 Å². The van der Waals surface area contributed by atoms with Crippen LogP contribution in [-0.2, 0) is 0 Å². The predicted molar refractivity (Wildman–Crippen MR) is 73.9 cm³/mol. The summed E-state index contributed by atoms with van der Waals surface area (Å²) in [4.78, 5) is 0. The standard InChI is InChI=1S/C15H14F16/c1-3-5-7-9(18,19)11(22,23)13(26,27)15(30,31)14(28,29)12(24,25)10(20,21)8(16,17)6-4-2/h4H,2-3,5-7H2,1H3. The molecule has 0 saturated heterocycles. The lowest BCUT2D eigenvalue weighted by Crippen LogP contribution is -2.74. The van der Waals surface area contributed by atoms with Crippen molar-refractivity contribution in [3.8, 4) is 0 Å². The first kappa shape index (κ1) is 29.6. The number of hydrogen-bond acceptors (Lipinski definition) is 0. The molecule has 0 nitrogen and oxygen atoms in total. The van der Waals surface area contributed by atoms with Crippen LogP contribution in [0.15, 0.2) is 12.7 Å². The number of hydrogen-bond donors (Lipinski definition) is 0. The van der Waals surface area contributed by atoms with Gasteiger partial charge in [0, 0.05) is 12.8 Å². The molecule has 0 aliphatic heterocycles. The summed E-state index contributed by atoms with van der Waals surface area (Å²) >= 11 is 0. The van der Waals surface area contributed by atoms with Gasteiger partial charge >= 0.3 is 47.4 Å². The normalized spacial score (nSPS) is 15.9. The number of rotatable bonds is 12. The third kappa shape index (κ3) is 4.07. The van der Waals surface area contributed by atoms with Gasteiger partial charge in [-0.1, -0.05) is 19.4 Å². The molecule has 16 heteroatoms. The van der Waals surface area contributed by atoms with Crippen LogP contribution in [0, 0.1) is 0 Å². The van der Waals surface area contributed by atoms with Gasteiger partial charge in [-0.3, -0.25) is 0 Å². The Bertz CT molecular complexity index is 633. The van der Waals surface area contributed by atoms with Crippen LogP contribution in [0.4, 0.5) is 70.2 Å². The lowest BCUT2D eigenvalue weighted by molar-refractivity contribution is -0.453. The average Bonchev–Trinajstić information content (AvgIpc) is 2.58. The van der Waals surface area contributed by atoms with E-state index in [0.29, 0.717) is 0 Å². The van der Waals surface area contributed by atoms with E-state index in [1.54, 1.807) is 0 Å². The van der Waals surface area contributed by atoms with Gasteiger partial charge in [0.05, 0.1) is 0 Å². The zero-order valence-corrected chi connectivity index (χ0v) is 15.2. The summed E-state index contributed by atoms with van der Waals surface area (Å²) in [5, 5.41) is 0. The smallest absolute Gasteiger partial charge is 0.200 e. The fraction of sp³-hybridized carbons (Fsp3) is 0.867. The van der Waals surface area contributed by atoms with Crippen LogP contribution in [0.2, 0.25) is 0 Å². The summed E-state index contributed by atoms with van der Waals surface area (Å²) in [6, 6.07) is 0. The lowest BCUT2D eigenvalue weighted by atomic mass is 9.86. The summed E-state index contributed by atoms with van der Waals surface area (Å²) in [6.07, 6.45) is -6.59. The topological polar surface area (TPSA) is 0 Å². The van der Waals surface area contributed by atoms with Crippen molar-refractivity contribution in [2.45, 2.75) is 80.0 Å². The Morgan fingerprint density at radius 3 is 1.10 bits per heavy atom. The van der Waals surface area contributed by atoms with Crippen molar-refractivity contribution in [2.75, 3.05) is 0 Å². The second kappa shape index (κ2) is 8.19. The molecule has 0 heterocycles. The highest BCUT2D eigenvalue weighted by atomic mass is 19.4. The van der Waals surface area contributed by atoms with Crippen molar-refractivity contribution in [3.05, 3.63) is 12.7 Å². The van der Waals surface area contributed by atoms with Gasteiger partial charge in [-0.05, 0) is 6.42 Å². The number of unbranched alkanes of at least 4 members (excludes halogenated alkanes) is 1. The highest BCUT2D eigenvalue weighted by Crippen LogP contribution is 2.64. The second-order valence-electron chi connectivity index (χ2n) is 6.45. The van der Waals surface area contributed by atoms with Crippen LogP contribution in [0.3, 0.4) is 0 Å². The molecule has 0 saturated carbocycles. The van der Waals surface area contributed by atoms with E-state index < -0.39 is 73.1 Å². The number of alkyl halides is 16. The van der Waals surface area contributed by atoms with Gasteiger partial charge in [0.25, 0.3) is 0 Å². The van der Waals surface area contributed by atoms with Crippen molar-refractivity contribution in [1.29, 1.82) is 0 Å². The van der Waals surface area contributed by atoms with Gasteiger partial charge in [0.2, 0.25) is 0 Å². The largest absolute Gasteiger partial charge is 0.384 e. The SMILES string of the molecule is C=CCC(F)(F)C(F)(F)C(F)(F)C(F)(F)C(F)(F)C(F)(F)C(F)(F)C(F)(F)CCCC. The van der Waals surface area contributed by atoms with Crippen LogP contribution >= 0.6 is 0 Å². The van der Waals surface area contributed by atoms with Crippen LogP contribution < -0.4 is 0 Å². The fourth-order valence-electron chi connectivity index (χ4n) is 2.11. The van der Waals surface area contributed by atoms with E-state index in [1.807, 2.05) is 0 Å². The molecular weight excluding hydrogens is 484 g/mol. The van der Waals surface area contributed by atoms with Crippen molar-refractivity contribution in [3.63, 3.8) is 0 Å². The Morgan fingerprint density at radius 1 is 0.516 bits per heavy atom. The molecule has 0 atom stereocenters. The van der Waals surface area contributed by atoms with Gasteiger partial charge in [0.15, 0.2) is 0 Å². The van der Waals surface area contributed by atoms with Gasteiger partial charge < -0.3 is 0 Å². The third-order valence-electron chi connectivity index (χ3n) is 4.14. The van der Waals surface area contributed by atoms with Crippen molar-refractivity contribution >= 4 is 0 Å². The highest BCUT2D eigenvalue weighted by Gasteiger charge is 2.94. The Hall–Kier alpha value is -1.38. The van der Waals surface area contributed by atoms with E-state index >= 15 is 0 Å². The van der Waals surface area contributed by atoms with Gasteiger partial charge in [-0.15, -0.1) is 6.58 Å². The Balaban J connectivity index is 6.65. The minimum atomic E-state index is -8.36. The van der Waals surface area contributed by atoms with Gasteiger partial charge in [-0.25, -0.2) is 0 Å². The van der Waals surface area contributed by atoms with Crippen molar-refractivity contribution in [2.24, 2.45) is 0 Å². The van der Waals surface area contributed by atoms with Crippen LogP contribution in [0.5, 0.6) is 0 Å². The molecule has 186 valence electrons. The van der Waals surface area contributed by atoms with Crippen LogP contribution in [0.25, 0.3) is 0 Å². The minimum absolute atomic E-state index is 0.253. The second-order valence-corrected chi connectivity index (χ2v) is 6.45. The first-order chi connectivity index (χ1) is 13.4. The molecule has 0 radical (unpaired) electrons. The molecule has 0 fully saturated rings. The maximum absolute atomic E-state index is 13.5. The summed E-state index contributed by atoms with van der Waals surface area (Å²) in [5.41, 5.74) is 0. The van der Waals surface area contributed by atoms with E-state index in [2.05, 4.69) is 6.58 Å². The Labute approximate surface area is 164 Å². The highest BCUT2D eigenvalue weighted by molar-refractivity contribution is 5.16. The van der Waals surface area contributed by atoms with E-state index in [9.17, 15) is 70.2 Å². The molecule has 0 aromatic rings. The quantitative estimate of drug-likeness (QED) is 0.190. The monoisotopic (exact) mass is 498 g/mol. The fourth-order valence-corrected chi connectivity index (χ4v) is 2.11. The molecule has 0 rings (SSSR count). The minimum Gasteiger partial charge on any atom is -0.200 e. The Morgan fingerprint density at radius 2 is 0.806 bits per heavy atom. The van der Waals surface area contributed by atoms with Gasteiger partial charge in [0.1, 0.15) is 0 Å². The van der Waals surface area contributed by atoms with E-state index in [1.165, 1.54) is 0 Å². The predicted octanol–water partition coefficient (Wildman–Crippen LogP) is 7.84. The lowest BCUT2D eigenvalue weighted by Gasteiger charge is -2.43. The average molecular weight is 498 g/mol. The maximum Gasteiger partial charge on any atom is 0.384 e. The van der Waals surface area contributed by atoms with E-state index in [4.69, 9.17) is 0 Å². The molecular formula is C15H14F16. The maximum atomic E-state index is 13.5. The third-order valence-corrected chi connectivity index (χ3v) is 4.14. The molecule has 0 spiro atoms. The summed E-state index contributed by atoms with van der Waals surface area (Å²) in [6.45, 7) is 3.41. The van der Waals surface area contributed by atoms with Gasteiger partial charge in [-0.2, -0.15) is 70.2 Å². The summed E-state index contributed by atoms with van der Waals surface area (Å²) in [5.74, 6) is -60.4. The summed E-state index contributed by atoms with van der Waals surface area (Å²) in [7, 11) is 0. The van der Waals surface area contributed by atoms with Crippen molar-refractivity contribution in [1.82, 2.24) is 0 Å². The van der Waals surface area contributed by atoms with Crippen LogP contribution in [0.1, 0.15) is 32.6 Å². The molecule has 0 amide bonds. The van der Waals surface area contributed by atoms with E-state index in [0.717, 1.165) is 6.92 Å². The number of halogens is 16. The zero-order valence-electron chi connectivity index (χ0n) is 15.2. The number of allylic oxidation sites excluding steroid dienone is 1. The van der Waals surface area contributed by atoms with Crippen LogP contribution in [-0.4, -0.2) is 47.4 Å². The molecule has 0 unspecified atom stereocenters. The Kier molecular flexibility index (Phi) is 7.83. The molecule has 0 aromatic carbocycles. The first-order valence-electron chi connectivity index (χ1n) is 8.00. The molecule has 31 heavy (non-hydrogen) atoms. The molecule has 0 aliphatic carbocycles. The molecule has 0 bridgehead atoms. The first-order valence-corrected chi connectivity index (χ1v) is 8.00. The molecule has 0 aliphatic rings. The molecule has 0 aromatic heterocycles. The zero-order chi connectivity index (χ0) is 25.5. The van der Waals surface area contributed by atoms with E-state index in [-0.39, 0.29) is 6.08 Å².